The van der Waals surface area contributed by atoms with Crippen molar-refractivity contribution in [3.63, 3.8) is 0 Å². The van der Waals surface area contributed by atoms with Crippen LogP contribution in [0.15, 0.2) is 12.2 Å². The van der Waals surface area contributed by atoms with Gasteiger partial charge in [0.05, 0.1) is 0 Å². The van der Waals surface area contributed by atoms with Gasteiger partial charge in [-0.15, -0.1) is 0 Å². The number of ketones is 1. The Labute approximate surface area is 112 Å². The summed E-state index contributed by atoms with van der Waals surface area (Å²) in [7, 11) is 0. The molecule has 0 aromatic rings. The summed E-state index contributed by atoms with van der Waals surface area (Å²) < 4.78 is 0. The van der Waals surface area contributed by atoms with Gasteiger partial charge in [-0.3, -0.25) is 4.79 Å². The first kappa shape index (κ1) is 13.8. The normalized spacial score (nSPS) is 38.9. The third-order valence-electron chi connectivity index (χ3n) is 5.48. The Hall–Kier alpha value is -0.590. The highest BCUT2D eigenvalue weighted by atomic mass is 16.1. The summed E-state index contributed by atoms with van der Waals surface area (Å²) in [6.45, 7) is 14.1. The second kappa shape index (κ2) is 3.95. The van der Waals surface area contributed by atoms with E-state index in [9.17, 15) is 4.79 Å². The Bertz CT molecular complexity index is 383. The zero-order valence-electron chi connectivity index (χ0n) is 12.8. The van der Waals surface area contributed by atoms with Crippen molar-refractivity contribution < 1.29 is 4.79 Å². The Morgan fingerprint density at radius 2 is 1.94 bits per heavy atom. The minimum absolute atomic E-state index is 0.270. The molecule has 2 aliphatic rings. The molecule has 2 rings (SSSR count). The van der Waals surface area contributed by atoms with E-state index < -0.39 is 0 Å². The van der Waals surface area contributed by atoms with Gasteiger partial charge in [0, 0.05) is 6.42 Å². The second-order valence-electron chi connectivity index (χ2n) is 8.21. The Morgan fingerprint density at radius 1 is 1.33 bits per heavy atom. The monoisotopic (exact) mass is 248 g/mol. The number of carbonyl (C=O) groups is 1. The minimum Gasteiger partial charge on any atom is -0.295 e. The Kier molecular flexibility index (Phi) is 3.04. The zero-order valence-corrected chi connectivity index (χ0v) is 12.8. The highest BCUT2D eigenvalue weighted by molar-refractivity contribution is 5.90. The van der Waals surface area contributed by atoms with Crippen LogP contribution in [0.2, 0.25) is 0 Å². The van der Waals surface area contributed by atoms with E-state index in [0.717, 1.165) is 18.8 Å². The molecule has 2 aliphatic carbocycles. The molecule has 102 valence electrons. The fourth-order valence-electron chi connectivity index (χ4n) is 4.36. The molecule has 3 unspecified atom stereocenters. The van der Waals surface area contributed by atoms with Crippen LogP contribution in [0.25, 0.3) is 0 Å². The summed E-state index contributed by atoms with van der Waals surface area (Å²) in [5, 5.41) is 0. The highest BCUT2D eigenvalue weighted by Crippen LogP contribution is 2.76. The highest BCUT2D eigenvalue weighted by Gasteiger charge is 2.71. The predicted octanol–water partition coefficient (Wildman–Crippen LogP) is 4.62. The van der Waals surface area contributed by atoms with Crippen molar-refractivity contribution in [2.24, 2.45) is 28.1 Å². The van der Waals surface area contributed by atoms with Crippen molar-refractivity contribution in [2.45, 2.75) is 60.8 Å². The van der Waals surface area contributed by atoms with Crippen LogP contribution in [0.3, 0.4) is 0 Å². The quantitative estimate of drug-likeness (QED) is 0.661. The lowest BCUT2D eigenvalue weighted by atomic mass is 9.80. The molecule has 0 N–H and O–H groups in total. The number of hydrogen-bond donors (Lipinski definition) is 0. The smallest absolute Gasteiger partial charge is 0.155 e. The fraction of sp³-hybridized carbons (Fsp3) is 0.824. The van der Waals surface area contributed by atoms with Gasteiger partial charge in [0.2, 0.25) is 0 Å². The standard InChI is InChI=1S/C17H28O/c1-12-7-8-13(18)9-10-17(12)14(16(17,5)6)11-15(2,3)4/h9-10,12,14H,7-8,11H2,1-6H3. The van der Waals surface area contributed by atoms with Gasteiger partial charge in [0.15, 0.2) is 5.78 Å². The molecule has 1 fully saturated rings. The summed E-state index contributed by atoms with van der Waals surface area (Å²) in [4.78, 5) is 11.7. The van der Waals surface area contributed by atoms with Crippen LogP contribution in [0.1, 0.15) is 60.8 Å². The first-order chi connectivity index (χ1) is 8.11. The van der Waals surface area contributed by atoms with E-state index in [2.05, 4.69) is 47.6 Å². The van der Waals surface area contributed by atoms with E-state index in [1.165, 1.54) is 6.42 Å². The van der Waals surface area contributed by atoms with Crippen LogP contribution in [0, 0.1) is 28.1 Å². The minimum atomic E-state index is 0.270. The summed E-state index contributed by atoms with van der Waals surface area (Å²) in [5.74, 6) is 1.67. The zero-order chi connectivity index (χ0) is 13.8. The van der Waals surface area contributed by atoms with Crippen LogP contribution < -0.4 is 0 Å². The maximum atomic E-state index is 11.7. The fourth-order valence-corrected chi connectivity index (χ4v) is 4.36. The number of hydrogen-bond acceptors (Lipinski definition) is 1. The molecule has 1 spiro atoms. The Morgan fingerprint density at radius 3 is 2.50 bits per heavy atom. The van der Waals surface area contributed by atoms with Gasteiger partial charge < -0.3 is 0 Å². The lowest BCUT2D eigenvalue weighted by molar-refractivity contribution is -0.114. The van der Waals surface area contributed by atoms with E-state index in [-0.39, 0.29) is 5.41 Å². The molecule has 1 heteroatoms. The molecule has 0 radical (unpaired) electrons. The third kappa shape index (κ3) is 1.96. The van der Waals surface area contributed by atoms with Gasteiger partial charge in [0.1, 0.15) is 0 Å². The van der Waals surface area contributed by atoms with Gasteiger partial charge >= 0.3 is 0 Å². The molecule has 3 atom stereocenters. The molecule has 0 bridgehead atoms. The number of carbonyl (C=O) groups excluding carboxylic acids is 1. The molecular formula is C17H28O. The third-order valence-corrected chi connectivity index (χ3v) is 5.48. The molecule has 0 amide bonds. The lowest BCUT2D eigenvalue weighted by Crippen LogP contribution is -2.17. The largest absolute Gasteiger partial charge is 0.295 e. The van der Waals surface area contributed by atoms with Crippen LogP contribution in [0.5, 0.6) is 0 Å². The van der Waals surface area contributed by atoms with Crippen molar-refractivity contribution in [3.05, 3.63) is 12.2 Å². The second-order valence-corrected chi connectivity index (χ2v) is 8.21. The van der Waals surface area contributed by atoms with Gasteiger partial charge in [-0.25, -0.2) is 0 Å². The maximum absolute atomic E-state index is 11.7. The van der Waals surface area contributed by atoms with Crippen LogP contribution in [0.4, 0.5) is 0 Å². The molecule has 1 nitrogen and oxygen atoms in total. The average Bonchev–Trinajstić information content (AvgIpc) is 2.72. The van der Waals surface area contributed by atoms with Crippen molar-refractivity contribution >= 4 is 5.78 Å². The summed E-state index contributed by atoms with van der Waals surface area (Å²) in [6.07, 6.45) is 7.17. The van der Waals surface area contributed by atoms with Gasteiger partial charge in [-0.2, -0.15) is 0 Å². The van der Waals surface area contributed by atoms with Crippen molar-refractivity contribution in [3.8, 4) is 0 Å². The Balaban J connectivity index is 2.30. The van der Waals surface area contributed by atoms with Crippen molar-refractivity contribution in [2.75, 3.05) is 0 Å². The van der Waals surface area contributed by atoms with E-state index in [1.54, 1.807) is 0 Å². The van der Waals surface area contributed by atoms with Crippen LogP contribution in [-0.2, 0) is 4.79 Å². The van der Waals surface area contributed by atoms with E-state index in [1.807, 2.05) is 6.08 Å². The first-order valence-corrected chi connectivity index (χ1v) is 7.33. The van der Waals surface area contributed by atoms with Crippen LogP contribution >= 0.6 is 0 Å². The lowest BCUT2D eigenvalue weighted by Gasteiger charge is -2.24. The number of allylic oxidation sites excluding steroid dienone is 2. The predicted molar refractivity (Wildman–Crippen MR) is 76.3 cm³/mol. The molecule has 0 heterocycles. The SMILES string of the molecule is CC1CCC(=O)C=CC12C(CC(C)(C)C)C2(C)C. The summed E-state index contributed by atoms with van der Waals surface area (Å²) in [5.41, 5.74) is 0.989. The molecule has 18 heavy (non-hydrogen) atoms. The maximum Gasteiger partial charge on any atom is 0.155 e. The molecule has 0 saturated heterocycles. The topological polar surface area (TPSA) is 17.1 Å². The van der Waals surface area contributed by atoms with Gasteiger partial charge in [-0.05, 0) is 47.0 Å². The summed E-state index contributed by atoms with van der Waals surface area (Å²) >= 11 is 0. The van der Waals surface area contributed by atoms with Crippen LogP contribution in [-0.4, -0.2) is 5.78 Å². The van der Waals surface area contributed by atoms with Crippen molar-refractivity contribution in [1.82, 2.24) is 0 Å². The number of rotatable bonds is 1. The van der Waals surface area contributed by atoms with Gasteiger partial charge in [-0.1, -0.05) is 47.6 Å². The van der Waals surface area contributed by atoms with E-state index >= 15 is 0 Å². The van der Waals surface area contributed by atoms with E-state index in [0.29, 0.717) is 22.5 Å². The molecule has 1 saturated carbocycles. The van der Waals surface area contributed by atoms with Gasteiger partial charge in [0.25, 0.3) is 0 Å². The first-order valence-electron chi connectivity index (χ1n) is 7.33. The summed E-state index contributed by atoms with van der Waals surface area (Å²) in [6, 6.07) is 0. The molecule has 0 aromatic carbocycles. The average molecular weight is 248 g/mol. The van der Waals surface area contributed by atoms with E-state index in [4.69, 9.17) is 0 Å². The molecular weight excluding hydrogens is 220 g/mol. The van der Waals surface area contributed by atoms with Crippen molar-refractivity contribution in [1.29, 1.82) is 0 Å². The molecule has 0 aromatic heterocycles. The molecule has 0 aliphatic heterocycles.